The van der Waals surface area contributed by atoms with Crippen molar-refractivity contribution in [1.29, 1.82) is 0 Å². The van der Waals surface area contributed by atoms with Gasteiger partial charge in [-0.1, -0.05) is 34.4 Å². The molecule has 0 atom stereocenters. The predicted molar refractivity (Wildman–Crippen MR) is 122 cm³/mol. The number of aromatic nitrogens is 3. The first-order chi connectivity index (χ1) is 15.0. The Morgan fingerprint density at radius 2 is 1.84 bits per heavy atom. The van der Waals surface area contributed by atoms with E-state index in [1.807, 2.05) is 11.4 Å². The zero-order valence-electron chi connectivity index (χ0n) is 16.5. The third-order valence-corrected chi connectivity index (χ3v) is 6.83. The fourth-order valence-electron chi connectivity index (χ4n) is 3.83. The molecule has 4 aromatic rings. The average molecular weight is 474 g/mol. The predicted octanol–water partition coefficient (Wildman–Crippen LogP) is 4.92. The van der Waals surface area contributed by atoms with Crippen molar-refractivity contribution < 1.29 is 9.32 Å². The van der Waals surface area contributed by atoms with Gasteiger partial charge in [-0.2, -0.15) is 0 Å². The van der Waals surface area contributed by atoms with Gasteiger partial charge < -0.3 is 14.3 Å². The molecule has 1 fully saturated rings. The van der Waals surface area contributed by atoms with Gasteiger partial charge in [-0.25, -0.2) is 9.97 Å². The standard InChI is InChI=1S/C21H17Cl2N5O2S/c1-12-16(18(26-30-12)17-14(22)3-2-4-15(17)23)21(29)28-8-6-27(7-9-28)19-13-5-10-31-20(13)25-11-24-19/h2-5,10-11H,6-9H2,1H3. The summed E-state index contributed by atoms with van der Waals surface area (Å²) < 4.78 is 5.36. The number of piperazine rings is 1. The zero-order chi connectivity index (χ0) is 21.5. The second kappa shape index (κ2) is 8.11. The van der Waals surface area contributed by atoms with Crippen LogP contribution in [0.2, 0.25) is 10.0 Å². The molecule has 31 heavy (non-hydrogen) atoms. The molecule has 0 radical (unpaired) electrons. The number of thiophene rings is 1. The van der Waals surface area contributed by atoms with Gasteiger partial charge in [0.05, 0.1) is 15.4 Å². The van der Waals surface area contributed by atoms with Crippen molar-refractivity contribution in [2.45, 2.75) is 6.92 Å². The Kier molecular flexibility index (Phi) is 5.29. The minimum atomic E-state index is -0.146. The third kappa shape index (κ3) is 3.54. The van der Waals surface area contributed by atoms with E-state index in [0.29, 0.717) is 58.8 Å². The molecule has 4 heterocycles. The van der Waals surface area contributed by atoms with Crippen LogP contribution in [0.1, 0.15) is 16.1 Å². The number of nitrogens with zero attached hydrogens (tertiary/aromatic N) is 5. The second-order valence-corrected chi connectivity index (χ2v) is 8.88. The van der Waals surface area contributed by atoms with E-state index in [9.17, 15) is 4.79 Å². The highest BCUT2D eigenvalue weighted by atomic mass is 35.5. The first-order valence-corrected chi connectivity index (χ1v) is 11.3. The SMILES string of the molecule is Cc1onc(-c2c(Cl)cccc2Cl)c1C(=O)N1CCN(c2ncnc3sccc23)CC1. The number of aryl methyl sites for hydroxylation is 1. The molecule has 0 spiro atoms. The van der Waals surface area contributed by atoms with Gasteiger partial charge in [0.2, 0.25) is 0 Å². The maximum atomic E-state index is 13.4. The second-order valence-electron chi connectivity index (χ2n) is 7.17. The van der Waals surface area contributed by atoms with Crippen molar-refractivity contribution >= 4 is 56.5 Å². The Morgan fingerprint density at radius 1 is 1.10 bits per heavy atom. The lowest BCUT2D eigenvalue weighted by atomic mass is 10.0. The molecule has 0 saturated carbocycles. The molecule has 1 amide bonds. The molecule has 1 saturated heterocycles. The number of benzene rings is 1. The third-order valence-electron chi connectivity index (χ3n) is 5.38. The molecule has 0 N–H and O–H groups in total. The van der Waals surface area contributed by atoms with Crippen molar-refractivity contribution in [3.63, 3.8) is 0 Å². The summed E-state index contributed by atoms with van der Waals surface area (Å²) in [5.41, 5.74) is 1.27. The molecular formula is C21H17Cl2N5O2S. The number of anilines is 1. The largest absolute Gasteiger partial charge is 0.360 e. The molecule has 7 nitrogen and oxygen atoms in total. The number of amides is 1. The topological polar surface area (TPSA) is 75.4 Å². The smallest absolute Gasteiger partial charge is 0.259 e. The minimum Gasteiger partial charge on any atom is -0.360 e. The van der Waals surface area contributed by atoms with Crippen molar-refractivity contribution in [2.75, 3.05) is 31.1 Å². The van der Waals surface area contributed by atoms with Crippen molar-refractivity contribution in [1.82, 2.24) is 20.0 Å². The van der Waals surface area contributed by atoms with E-state index in [4.69, 9.17) is 27.7 Å². The average Bonchev–Trinajstić information content (AvgIpc) is 3.40. The zero-order valence-corrected chi connectivity index (χ0v) is 18.8. The highest BCUT2D eigenvalue weighted by molar-refractivity contribution is 7.16. The molecule has 1 aliphatic heterocycles. The van der Waals surface area contributed by atoms with E-state index in [0.717, 1.165) is 16.0 Å². The summed E-state index contributed by atoms with van der Waals surface area (Å²) in [5, 5.41) is 7.99. The molecule has 0 bridgehead atoms. The number of carbonyl (C=O) groups excluding carboxylic acids is 1. The van der Waals surface area contributed by atoms with E-state index in [1.54, 1.807) is 47.7 Å². The number of hydrogen-bond acceptors (Lipinski definition) is 7. The lowest BCUT2D eigenvalue weighted by molar-refractivity contribution is 0.0745. The Balaban J connectivity index is 1.40. The molecule has 3 aromatic heterocycles. The normalized spacial score (nSPS) is 14.4. The maximum absolute atomic E-state index is 13.4. The summed E-state index contributed by atoms with van der Waals surface area (Å²) in [5.74, 6) is 1.20. The van der Waals surface area contributed by atoms with Crippen LogP contribution in [0.3, 0.4) is 0 Å². The van der Waals surface area contributed by atoms with Gasteiger partial charge in [0, 0.05) is 31.7 Å². The van der Waals surface area contributed by atoms with Gasteiger partial charge in [0.25, 0.3) is 5.91 Å². The highest BCUT2D eigenvalue weighted by Gasteiger charge is 2.30. The van der Waals surface area contributed by atoms with Crippen LogP contribution in [0.5, 0.6) is 0 Å². The lowest BCUT2D eigenvalue weighted by Crippen LogP contribution is -2.49. The maximum Gasteiger partial charge on any atom is 0.259 e. The molecule has 1 aliphatic rings. The Bertz CT molecular complexity index is 1260. The molecule has 0 unspecified atom stereocenters. The molecular weight excluding hydrogens is 457 g/mol. The number of carbonyl (C=O) groups is 1. The van der Waals surface area contributed by atoms with Gasteiger partial charge in [0.15, 0.2) is 0 Å². The minimum absolute atomic E-state index is 0.146. The number of fused-ring (bicyclic) bond motifs is 1. The van der Waals surface area contributed by atoms with Crippen LogP contribution in [-0.2, 0) is 0 Å². The van der Waals surface area contributed by atoms with Gasteiger partial charge >= 0.3 is 0 Å². The Morgan fingerprint density at radius 3 is 2.58 bits per heavy atom. The molecule has 5 rings (SSSR count). The van der Waals surface area contributed by atoms with E-state index in [-0.39, 0.29) is 5.91 Å². The van der Waals surface area contributed by atoms with Gasteiger partial charge in [-0.05, 0) is 30.5 Å². The number of halogens is 2. The molecule has 1 aromatic carbocycles. The van der Waals surface area contributed by atoms with E-state index < -0.39 is 0 Å². The number of rotatable bonds is 3. The summed E-state index contributed by atoms with van der Waals surface area (Å²) >= 11 is 14.3. The number of hydrogen-bond donors (Lipinski definition) is 0. The van der Waals surface area contributed by atoms with Crippen LogP contribution >= 0.6 is 34.5 Å². The summed E-state index contributed by atoms with van der Waals surface area (Å²) in [6.07, 6.45) is 1.59. The van der Waals surface area contributed by atoms with E-state index >= 15 is 0 Å². The van der Waals surface area contributed by atoms with Crippen LogP contribution in [0.4, 0.5) is 5.82 Å². The fourth-order valence-corrected chi connectivity index (χ4v) is 5.13. The summed E-state index contributed by atoms with van der Waals surface area (Å²) in [6.45, 7) is 4.16. The van der Waals surface area contributed by atoms with E-state index in [1.165, 1.54) is 0 Å². The first-order valence-electron chi connectivity index (χ1n) is 9.67. The summed E-state index contributed by atoms with van der Waals surface area (Å²) in [7, 11) is 0. The van der Waals surface area contributed by atoms with Gasteiger partial charge in [-0.3, -0.25) is 4.79 Å². The van der Waals surface area contributed by atoms with Crippen molar-refractivity contribution in [2.24, 2.45) is 0 Å². The quantitative estimate of drug-likeness (QED) is 0.420. The van der Waals surface area contributed by atoms with Crippen molar-refractivity contribution in [3.05, 3.63) is 57.3 Å². The van der Waals surface area contributed by atoms with Crippen molar-refractivity contribution in [3.8, 4) is 11.3 Å². The van der Waals surface area contributed by atoms with Crippen LogP contribution < -0.4 is 4.90 Å². The van der Waals surface area contributed by atoms with Crippen LogP contribution in [-0.4, -0.2) is 52.1 Å². The Hall–Kier alpha value is -2.68. The van der Waals surface area contributed by atoms with E-state index in [2.05, 4.69) is 20.0 Å². The first kappa shape index (κ1) is 20.2. The monoisotopic (exact) mass is 473 g/mol. The highest BCUT2D eigenvalue weighted by Crippen LogP contribution is 2.37. The molecule has 158 valence electrons. The van der Waals surface area contributed by atoms with Gasteiger partial charge in [0.1, 0.15) is 34.0 Å². The van der Waals surface area contributed by atoms with Crippen LogP contribution in [0.15, 0.2) is 40.5 Å². The molecule has 10 heteroatoms. The van der Waals surface area contributed by atoms with Gasteiger partial charge in [-0.15, -0.1) is 11.3 Å². The summed E-state index contributed by atoms with van der Waals surface area (Å²) in [6, 6.07) is 7.21. The fraction of sp³-hybridized carbons (Fsp3) is 0.238. The summed E-state index contributed by atoms with van der Waals surface area (Å²) in [4.78, 5) is 27.1. The Labute approximate surface area is 192 Å². The van der Waals surface area contributed by atoms with Crippen LogP contribution in [0.25, 0.3) is 21.5 Å². The molecule has 0 aliphatic carbocycles. The lowest BCUT2D eigenvalue weighted by Gasteiger charge is -2.35. The van der Waals surface area contributed by atoms with Crippen LogP contribution in [0, 0.1) is 6.92 Å².